The second-order valence-corrected chi connectivity index (χ2v) is 3.09. The van der Waals surface area contributed by atoms with Crippen LogP contribution in [0.4, 0.5) is 0 Å². The van der Waals surface area contributed by atoms with Gasteiger partial charge in [-0.15, -0.1) is 10.2 Å². The van der Waals surface area contributed by atoms with Gasteiger partial charge in [0.15, 0.2) is 6.17 Å². The number of nitrogens with zero attached hydrogens (tertiary/aromatic N) is 5. The molecule has 2 rings (SSSR count). The number of rotatable bonds is 2. The standard InChI is InChI=1S/C7H11N5O2/c13-7(5-6-8-10-11-9-6)12-1-3-14-4-2-12/h6H,1-5H2. The zero-order chi connectivity index (χ0) is 9.80. The van der Waals surface area contributed by atoms with Gasteiger partial charge in [0.2, 0.25) is 5.91 Å². The van der Waals surface area contributed by atoms with Crippen LogP contribution < -0.4 is 0 Å². The quantitative estimate of drug-likeness (QED) is 0.642. The first-order chi connectivity index (χ1) is 6.86. The monoisotopic (exact) mass is 197 g/mol. The summed E-state index contributed by atoms with van der Waals surface area (Å²) in [6, 6.07) is 0. The van der Waals surface area contributed by atoms with Crippen LogP contribution in [0.25, 0.3) is 0 Å². The average Bonchev–Trinajstić information content (AvgIpc) is 2.72. The van der Waals surface area contributed by atoms with Gasteiger partial charge in [-0.25, -0.2) is 0 Å². The third kappa shape index (κ3) is 2.11. The molecule has 0 saturated carbocycles. The van der Waals surface area contributed by atoms with Crippen LogP contribution >= 0.6 is 0 Å². The first-order valence-corrected chi connectivity index (χ1v) is 4.52. The van der Waals surface area contributed by atoms with Gasteiger partial charge >= 0.3 is 0 Å². The summed E-state index contributed by atoms with van der Waals surface area (Å²) < 4.78 is 5.14. The van der Waals surface area contributed by atoms with E-state index in [1.807, 2.05) is 0 Å². The number of amides is 1. The van der Waals surface area contributed by atoms with E-state index in [0.29, 0.717) is 26.3 Å². The zero-order valence-corrected chi connectivity index (χ0v) is 7.67. The summed E-state index contributed by atoms with van der Waals surface area (Å²) in [6.45, 7) is 2.53. The van der Waals surface area contributed by atoms with E-state index in [-0.39, 0.29) is 12.3 Å². The van der Waals surface area contributed by atoms with E-state index in [1.165, 1.54) is 0 Å². The molecule has 0 radical (unpaired) electrons. The highest BCUT2D eigenvalue weighted by atomic mass is 16.5. The molecule has 0 spiro atoms. The van der Waals surface area contributed by atoms with E-state index in [0.717, 1.165) is 0 Å². The van der Waals surface area contributed by atoms with E-state index in [2.05, 4.69) is 20.7 Å². The molecule has 0 bridgehead atoms. The molecular weight excluding hydrogens is 186 g/mol. The normalized spacial score (nSPS) is 21.9. The maximum absolute atomic E-state index is 11.6. The second kappa shape index (κ2) is 4.23. The third-order valence-electron chi connectivity index (χ3n) is 2.13. The fourth-order valence-corrected chi connectivity index (χ4v) is 1.37. The molecule has 0 aromatic heterocycles. The lowest BCUT2D eigenvalue weighted by Gasteiger charge is -2.26. The lowest BCUT2D eigenvalue weighted by Crippen LogP contribution is -2.41. The Balaban J connectivity index is 1.82. The summed E-state index contributed by atoms with van der Waals surface area (Å²) in [5.74, 6) is 0.0399. The summed E-state index contributed by atoms with van der Waals surface area (Å²) in [6.07, 6.45) is -0.155. The zero-order valence-electron chi connectivity index (χ0n) is 7.67. The van der Waals surface area contributed by atoms with Crippen molar-refractivity contribution in [3.63, 3.8) is 0 Å². The minimum Gasteiger partial charge on any atom is -0.378 e. The van der Waals surface area contributed by atoms with Crippen LogP contribution in [-0.2, 0) is 9.53 Å². The molecule has 7 nitrogen and oxygen atoms in total. The molecule has 1 fully saturated rings. The summed E-state index contributed by atoms with van der Waals surface area (Å²) in [5, 5.41) is 14.1. The van der Waals surface area contributed by atoms with Crippen molar-refractivity contribution in [3.8, 4) is 0 Å². The van der Waals surface area contributed by atoms with E-state index >= 15 is 0 Å². The van der Waals surface area contributed by atoms with Gasteiger partial charge in [-0.1, -0.05) is 0 Å². The number of hydrogen-bond donors (Lipinski definition) is 0. The summed E-state index contributed by atoms with van der Waals surface area (Å²) in [4.78, 5) is 13.4. The first-order valence-electron chi connectivity index (χ1n) is 4.52. The fraction of sp³-hybridized carbons (Fsp3) is 0.857. The molecular formula is C7H11N5O2. The van der Waals surface area contributed by atoms with Crippen molar-refractivity contribution >= 4 is 5.91 Å². The lowest BCUT2D eigenvalue weighted by molar-refractivity contribution is -0.135. The fourth-order valence-electron chi connectivity index (χ4n) is 1.37. The van der Waals surface area contributed by atoms with Gasteiger partial charge in [0.1, 0.15) is 0 Å². The molecule has 0 aromatic rings. The van der Waals surface area contributed by atoms with Crippen LogP contribution in [0.2, 0.25) is 0 Å². The Morgan fingerprint density at radius 3 is 2.57 bits per heavy atom. The van der Waals surface area contributed by atoms with Gasteiger partial charge < -0.3 is 9.64 Å². The topological polar surface area (TPSA) is 79.0 Å². The Morgan fingerprint density at radius 1 is 1.29 bits per heavy atom. The number of hydrogen-bond acceptors (Lipinski definition) is 6. The van der Waals surface area contributed by atoms with E-state index in [9.17, 15) is 4.79 Å². The summed E-state index contributed by atoms with van der Waals surface area (Å²) >= 11 is 0. The Hall–Kier alpha value is -1.37. The number of carbonyl (C=O) groups excluding carboxylic acids is 1. The number of ether oxygens (including phenoxy) is 1. The average molecular weight is 197 g/mol. The SMILES string of the molecule is O=C(CC1N=NN=N1)N1CCOCC1. The number of morpholine rings is 1. The Bertz CT molecular complexity index is 259. The molecule has 0 aromatic carbocycles. The van der Waals surface area contributed by atoms with Crippen LogP contribution in [0.5, 0.6) is 0 Å². The maximum Gasteiger partial charge on any atom is 0.226 e. The second-order valence-electron chi connectivity index (χ2n) is 3.09. The van der Waals surface area contributed by atoms with Gasteiger partial charge in [-0.2, -0.15) is 0 Å². The highest BCUT2D eigenvalue weighted by molar-refractivity contribution is 5.76. The van der Waals surface area contributed by atoms with Crippen molar-refractivity contribution in [2.45, 2.75) is 12.6 Å². The van der Waals surface area contributed by atoms with Crippen molar-refractivity contribution in [3.05, 3.63) is 0 Å². The smallest absolute Gasteiger partial charge is 0.226 e. The minimum atomic E-state index is -0.412. The van der Waals surface area contributed by atoms with Crippen LogP contribution in [0.3, 0.4) is 0 Å². The van der Waals surface area contributed by atoms with Gasteiger partial charge in [-0.3, -0.25) is 4.79 Å². The van der Waals surface area contributed by atoms with Crippen LogP contribution in [0.15, 0.2) is 20.7 Å². The molecule has 0 atom stereocenters. The van der Waals surface area contributed by atoms with Crippen molar-refractivity contribution < 1.29 is 9.53 Å². The minimum absolute atomic E-state index is 0.0399. The molecule has 0 N–H and O–H groups in total. The van der Waals surface area contributed by atoms with E-state index in [1.54, 1.807) is 4.90 Å². The lowest BCUT2D eigenvalue weighted by atomic mass is 10.3. The van der Waals surface area contributed by atoms with Crippen LogP contribution in [0.1, 0.15) is 6.42 Å². The number of carbonyl (C=O) groups is 1. The highest BCUT2D eigenvalue weighted by Crippen LogP contribution is 2.11. The predicted octanol–water partition coefficient (Wildman–Crippen LogP) is 0.394. The van der Waals surface area contributed by atoms with Gasteiger partial charge in [0, 0.05) is 13.1 Å². The largest absolute Gasteiger partial charge is 0.378 e. The van der Waals surface area contributed by atoms with Crippen molar-refractivity contribution in [2.24, 2.45) is 20.7 Å². The van der Waals surface area contributed by atoms with Crippen molar-refractivity contribution in [1.82, 2.24) is 4.90 Å². The molecule has 1 saturated heterocycles. The Kier molecular flexibility index (Phi) is 2.78. The molecule has 0 unspecified atom stereocenters. The first kappa shape index (κ1) is 9.20. The Morgan fingerprint density at radius 2 is 1.93 bits per heavy atom. The maximum atomic E-state index is 11.6. The van der Waals surface area contributed by atoms with E-state index in [4.69, 9.17) is 4.74 Å². The summed E-state index contributed by atoms with van der Waals surface area (Å²) in [5.41, 5.74) is 0. The summed E-state index contributed by atoms with van der Waals surface area (Å²) in [7, 11) is 0. The van der Waals surface area contributed by atoms with Gasteiger partial charge in [0.05, 0.1) is 19.6 Å². The van der Waals surface area contributed by atoms with Crippen molar-refractivity contribution in [2.75, 3.05) is 26.3 Å². The van der Waals surface area contributed by atoms with Gasteiger partial charge in [0.25, 0.3) is 0 Å². The predicted molar refractivity (Wildman–Crippen MR) is 45.5 cm³/mol. The Labute approximate surface area is 80.8 Å². The molecule has 76 valence electrons. The van der Waals surface area contributed by atoms with Crippen LogP contribution in [-0.4, -0.2) is 43.3 Å². The molecule has 2 aliphatic heterocycles. The molecule has 0 aliphatic carbocycles. The van der Waals surface area contributed by atoms with E-state index < -0.39 is 6.17 Å². The molecule has 7 heteroatoms. The molecule has 14 heavy (non-hydrogen) atoms. The third-order valence-corrected chi connectivity index (χ3v) is 2.13. The van der Waals surface area contributed by atoms with Crippen LogP contribution in [0, 0.1) is 0 Å². The molecule has 1 amide bonds. The van der Waals surface area contributed by atoms with Crippen molar-refractivity contribution in [1.29, 1.82) is 0 Å². The highest BCUT2D eigenvalue weighted by Gasteiger charge is 2.21. The molecule has 2 heterocycles. The van der Waals surface area contributed by atoms with Gasteiger partial charge in [-0.05, 0) is 10.4 Å². The molecule has 2 aliphatic rings.